The molecule has 0 aliphatic rings. The summed E-state index contributed by atoms with van der Waals surface area (Å²) in [6, 6.07) is 12.3. The van der Waals surface area contributed by atoms with Crippen molar-refractivity contribution in [2.24, 2.45) is 0 Å². The number of carbonyl (C=O) groups is 2. The number of allylic oxidation sites excluding steroid dienone is 1. The highest BCUT2D eigenvalue weighted by atomic mass is 35.5. The fourth-order valence-electron chi connectivity index (χ4n) is 2.33. The molecule has 2 N–H and O–H groups in total. The Hall–Kier alpha value is -2.79. The molecule has 0 aliphatic heterocycles. The molecule has 0 spiro atoms. The predicted molar refractivity (Wildman–Crippen MR) is 101 cm³/mol. The van der Waals surface area contributed by atoms with Crippen molar-refractivity contribution >= 4 is 40.4 Å². The number of rotatable bonds is 5. The maximum absolute atomic E-state index is 12.4. The van der Waals surface area contributed by atoms with Gasteiger partial charge in [-0.05, 0) is 36.8 Å². The number of benzene rings is 2. The van der Waals surface area contributed by atoms with Crippen LogP contribution in [0.15, 0.2) is 48.5 Å². The van der Waals surface area contributed by atoms with Gasteiger partial charge in [0.05, 0.1) is 18.5 Å². The summed E-state index contributed by atoms with van der Waals surface area (Å²) in [5, 5.41) is 5.85. The zero-order chi connectivity index (χ0) is 18.4. The molecule has 0 heterocycles. The Kier molecular flexibility index (Phi) is 6.19. The van der Waals surface area contributed by atoms with Crippen molar-refractivity contribution in [3.63, 3.8) is 0 Å². The first kappa shape index (κ1) is 18.5. The summed E-state index contributed by atoms with van der Waals surface area (Å²) in [6.07, 6.45) is 1.47. The Morgan fingerprint density at radius 2 is 1.76 bits per heavy atom. The normalized spacial score (nSPS) is 11.0. The summed E-state index contributed by atoms with van der Waals surface area (Å²) in [6.45, 7) is 3.22. The molecule has 2 amide bonds. The van der Waals surface area contributed by atoms with Gasteiger partial charge in [0, 0.05) is 23.6 Å². The average molecular weight is 359 g/mol. The van der Waals surface area contributed by atoms with E-state index in [-0.39, 0.29) is 11.8 Å². The second kappa shape index (κ2) is 8.35. The number of methoxy groups -OCH3 is 1. The standard InChI is InChI=1S/C19H19ClN2O3/c1-12(15-6-4-5-7-18(15)25-3)10-19(24)22-17-11-14(20)8-9-16(17)21-13(2)23/h4-11H,1-3H3,(H,21,23)(H,22,24)/b12-10+. The van der Waals surface area contributed by atoms with Gasteiger partial charge in [0.1, 0.15) is 5.75 Å². The van der Waals surface area contributed by atoms with E-state index in [9.17, 15) is 9.59 Å². The van der Waals surface area contributed by atoms with Gasteiger partial charge in [0.15, 0.2) is 0 Å². The van der Waals surface area contributed by atoms with Crippen LogP contribution in [-0.2, 0) is 9.59 Å². The lowest BCUT2D eigenvalue weighted by Gasteiger charge is -2.12. The number of para-hydroxylation sites is 1. The molecule has 0 saturated heterocycles. The van der Waals surface area contributed by atoms with Crippen molar-refractivity contribution in [3.05, 3.63) is 59.1 Å². The first-order valence-corrected chi connectivity index (χ1v) is 7.98. The molecule has 0 fully saturated rings. The lowest BCUT2D eigenvalue weighted by Crippen LogP contribution is -2.13. The average Bonchev–Trinajstić information content (AvgIpc) is 2.56. The summed E-state index contributed by atoms with van der Waals surface area (Å²) >= 11 is 5.98. The van der Waals surface area contributed by atoms with Crippen LogP contribution in [-0.4, -0.2) is 18.9 Å². The van der Waals surface area contributed by atoms with Gasteiger partial charge >= 0.3 is 0 Å². The predicted octanol–water partition coefficient (Wildman–Crippen LogP) is 4.35. The van der Waals surface area contributed by atoms with Crippen LogP contribution in [0.25, 0.3) is 5.57 Å². The van der Waals surface area contributed by atoms with Crippen LogP contribution in [0.1, 0.15) is 19.4 Å². The topological polar surface area (TPSA) is 67.4 Å². The van der Waals surface area contributed by atoms with E-state index in [1.54, 1.807) is 25.3 Å². The van der Waals surface area contributed by atoms with E-state index in [2.05, 4.69) is 10.6 Å². The number of ether oxygens (including phenoxy) is 1. The molecule has 0 atom stereocenters. The Balaban J connectivity index is 2.25. The van der Waals surface area contributed by atoms with Crippen LogP contribution in [0.3, 0.4) is 0 Å². The molecule has 0 saturated carbocycles. The third kappa shape index (κ3) is 5.09. The minimum Gasteiger partial charge on any atom is -0.496 e. The smallest absolute Gasteiger partial charge is 0.248 e. The number of halogens is 1. The number of nitrogens with one attached hydrogen (secondary N) is 2. The van der Waals surface area contributed by atoms with E-state index in [1.807, 2.05) is 31.2 Å². The van der Waals surface area contributed by atoms with Crippen molar-refractivity contribution in [1.29, 1.82) is 0 Å². The lowest BCUT2D eigenvalue weighted by atomic mass is 10.1. The minimum absolute atomic E-state index is 0.237. The van der Waals surface area contributed by atoms with Gasteiger partial charge in [-0.3, -0.25) is 9.59 Å². The van der Waals surface area contributed by atoms with Crippen LogP contribution in [0.2, 0.25) is 5.02 Å². The first-order chi connectivity index (χ1) is 11.9. The molecule has 25 heavy (non-hydrogen) atoms. The Labute approximate surface area is 151 Å². The van der Waals surface area contributed by atoms with Crippen LogP contribution in [0, 0.1) is 0 Å². The molecule has 0 bridgehead atoms. The number of hydrogen-bond acceptors (Lipinski definition) is 3. The minimum atomic E-state index is -0.336. The third-order valence-corrected chi connectivity index (χ3v) is 3.66. The molecule has 0 aliphatic carbocycles. The molecule has 2 aromatic rings. The highest BCUT2D eigenvalue weighted by Gasteiger charge is 2.10. The van der Waals surface area contributed by atoms with E-state index in [0.717, 1.165) is 11.1 Å². The zero-order valence-corrected chi connectivity index (χ0v) is 15.0. The molecule has 0 aromatic heterocycles. The fourth-order valence-corrected chi connectivity index (χ4v) is 2.50. The number of anilines is 2. The lowest BCUT2D eigenvalue weighted by molar-refractivity contribution is -0.114. The summed E-state index contributed by atoms with van der Waals surface area (Å²) in [7, 11) is 1.58. The molecular weight excluding hydrogens is 340 g/mol. The van der Waals surface area contributed by atoms with Crippen LogP contribution in [0.4, 0.5) is 11.4 Å². The molecule has 0 unspecified atom stereocenters. The zero-order valence-electron chi connectivity index (χ0n) is 14.2. The van der Waals surface area contributed by atoms with Gasteiger partial charge in [0.2, 0.25) is 11.8 Å². The molecule has 2 rings (SSSR count). The Morgan fingerprint density at radius 1 is 1.04 bits per heavy atom. The molecule has 130 valence electrons. The maximum Gasteiger partial charge on any atom is 0.248 e. The maximum atomic E-state index is 12.4. The largest absolute Gasteiger partial charge is 0.496 e. The van der Waals surface area contributed by atoms with E-state index in [0.29, 0.717) is 22.1 Å². The summed E-state index contributed by atoms with van der Waals surface area (Å²) in [5.41, 5.74) is 2.48. The van der Waals surface area contributed by atoms with Gasteiger partial charge in [-0.25, -0.2) is 0 Å². The van der Waals surface area contributed by atoms with Crippen molar-refractivity contribution in [3.8, 4) is 5.75 Å². The Bertz CT molecular complexity index is 831. The second-order valence-electron chi connectivity index (χ2n) is 5.39. The molecule has 2 aromatic carbocycles. The number of carbonyl (C=O) groups excluding carboxylic acids is 2. The molecule has 0 radical (unpaired) electrons. The van der Waals surface area contributed by atoms with Crippen molar-refractivity contribution in [2.45, 2.75) is 13.8 Å². The second-order valence-corrected chi connectivity index (χ2v) is 5.82. The van der Waals surface area contributed by atoms with Crippen molar-refractivity contribution in [2.75, 3.05) is 17.7 Å². The first-order valence-electron chi connectivity index (χ1n) is 7.60. The summed E-state index contributed by atoms with van der Waals surface area (Å²) in [5.74, 6) is 0.113. The van der Waals surface area contributed by atoms with Gasteiger partial charge in [0.25, 0.3) is 0 Å². The number of hydrogen-bond donors (Lipinski definition) is 2. The van der Waals surface area contributed by atoms with Gasteiger partial charge in [-0.15, -0.1) is 0 Å². The fraction of sp³-hybridized carbons (Fsp3) is 0.158. The summed E-state index contributed by atoms with van der Waals surface area (Å²) in [4.78, 5) is 23.6. The Morgan fingerprint density at radius 3 is 2.44 bits per heavy atom. The van der Waals surface area contributed by atoms with Crippen LogP contribution in [0.5, 0.6) is 5.75 Å². The van der Waals surface area contributed by atoms with E-state index >= 15 is 0 Å². The van der Waals surface area contributed by atoms with Gasteiger partial charge in [-0.1, -0.05) is 29.8 Å². The van der Waals surface area contributed by atoms with E-state index < -0.39 is 0 Å². The van der Waals surface area contributed by atoms with Gasteiger partial charge < -0.3 is 15.4 Å². The van der Waals surface area contributed by atoms with Crippen molar-refractivity contribution < 1.29 is 14.3 Å². The highest BCUT2D eigenvalue weighted by molar-refractivity contribution is 6.31. The monoisotopic (exact) mass is 358 g/mol. The summed E-state index contributed by atoms with van der Waals surface area (Å²) < 4.78 is 5.31. The SMILES string of the molecule is COc1ccccc1/C(C)=C/C(=O)Nc1cc(Cl)ccc1NC(C)=O. The van der Waals surface area contributed by atoms with Crippen LogP contribution >= 0.6 is 11.6 Å². The molecule has 6 heteroatoms. The van der Waals surface area contributed by atoms with Crippen LogP contribution < -0.4 is 15.4 Å². The van der Waals surface area contributed by atoms with E-state index in [4.69, 9.17) is 16.3 Å². The molecule has 5 nitrogen and oxygen atoms in total. The number of amides is 2. The van der Waals surface area contributed by atoms with Crippen molar-refractivity contribution in [1.82, 2.24) is 0 Å². The quantitative estimate of drug-likeness (QED) is 0.781. The highest BCUT2D eigenvalue weighted by Crippen LogP contribution is 2.27. The van der Waals surface area contributed by atoms with Gasteiger partial charge in [-0.2, -0.15) is 0 Å². The third-order valence-electron chi connectivity index (χ3n) is 3.43. The molecular formula is C19H19ClN2O3. The van der Waals surface area contributed by atoms with E-state index in [1.165, 1.54) is 13.0 Å².